The highest BCUT2D eigenvalue weighted by Crippen LogP contribution is 2.05. The van der Waals surface area contributed by atoms with E-state index >= 15 is 0 Å². The van der Waals surface area contributed by atoms with Crippen molar-refractivity contribution in [2.45, 2.75) is 13.3 Å². The van der Waals surface area contributed by atoms with Crippen LogP contribution in [0.4, 0.5) is 0 Å². The predicted molar refractivity (Wildman–Crippen MR) is 45.5 cm³/mol. The summed E-state index contributed by atoms with van der Waals surface area (Å²) in [6.07, 6.45) is 1.73. The number of carbonyl (C=O) groups excluding carboxylic acids is 1. The summed E-state index contributed by atoms with van der Waals surface area (Å²) in [6, 6.07) is 1.47. The van der Waals surface area contributed by atoms with E-state index in [2.05, 4.69) is 5.10 Å². The summed E-state index contributed by atoms with van der Waals surface area (Å²) in [5.74, 6) is -0.436. The molecule has 0 spiro atoms. The van der Waals surface area contributed by atoms with Gasteiger partial charge in [0.05, 0.1) is 0 Å². The van der Waals surface area contributed by atoms with E-state index in [0.29, 0.717) is 0 Å². The van der Waals surface area contributed by atoms with E-state index in [1.807, 2.05) is 0 Å². The van der Waals surface area contributed by atoms with E-state index in [-0.39, 0.29) is 24.2 Å². The van der Waals surface area contributed by atoms with Crippen LogP contribution in [0.2, 0.25) is 0 Å². The van der Waals surface area contributed by atoms with Crippen molar-refractivity contribution in [2.24, 2.45) is 5.73 Å². The van der Waals surface area contributed by atoms with E-state index in [9.17, 15) is 4.79 Å². The molecule has 0 fully saturated rings. The molecule has 13 heavy (non-hydrogen) atoms. The average molecular weight is 182 g/mol. The van der Waals surface area contributed by atoms with E-state index in [0.717, 1.165) is 4.68 Å². The molecule has 0 unspecified atom stereocenters. The minimum atomic E-state index is -0.367. The second kappa shape index (κ2) is 3.70. The van der Waals surface area contributed by atoms with Crippen molar-refractivity contribution in [2.75, 3.05) is 0 Å². The first-order valence-electron chi connectivity index (χ1n) is 3.74. The van der Waals surface area contributed by atoms with Gasteiger partial charge in [-0.3, -0.25) is 10.2 Å². The van der Waals surface area contributed by atoms with Gasteiger partial charge in [-0.05, 0) is 0 Å². The lowest BCUT2D eigenvalue weighted by molar-refractivity contribution is -0.134. The summed E-state index contributed by atoms with van der Waals surface area (Å²) in [7, 11) is 0. The number of ether oxygens (including phenoxy) is 1. The Kier molecular flexibility index (Phi) is 2.63. The van der Waals surface area contributed by atoms with E-state index in [4.69, 9.17) is 15.9 Å². The van der Waals surface area contributed by atoms with Crippen molar-refractivity contribution in [1.82, 2.24) is 9.78 Å². The number of hydrogen-bond donors (Lipinski definition) is 2. The molecule has 0 saturated carbocycles. The molecule has 0 radical (unpaired) electrons. The number of hydrogen-bond acceptors (Lipinski definition) is 4. The summed E-state index contributed by atoms with van der Waals surface area (Å²) in [5.41, 5.74) is 5.13. The quantitative estimate of drug-likeness (QED) is 0.380. The number of nitrogens with one attached hydrogen (secondary N) is 1. The fourth-order valence-corrected chi connectivity index (χ4v) is 0.685. The average Bonchev–Trinajstić information content (AvgIpc) is 2.52. The van der Waals surface area contributed by atoms with Crippen molar-refractivity contribution in [3.63, 3.8) is 0 Å². The maximum absolute atomic E-state index is 10.8. The largest absolute Gasteiger partial charge is 0.406 e. The molecular weight excluding hydrogens is 172 g/mol. The molecule has 1 aromatic rings. The van der Waals surface area contributed by atoms with Gasteiger partial charge in [0.25, 0.3) is 0 Å². The van der Waals surface area contributed by atoms with Gasteiger partial charge in [-0.1, -0.05) is 6.92 Å². The number of nitrogen functional groups attached to an aromatic ring is 1. The van der Waals surface area contributed by atoms with E-state index < -0.39 is 0 Å². The summed E-state index contributed by atoms with van der Waals surface area (Å²) in [5, 5.41) is 10.7. The SMILES string of the molecule is CCC(=O)Oc1ccn(C(=N)N)n1. The van der Waals surface area contributed by atoms with Gasteiger partial charge in [0.1, 0.15) is 0 Å². The number of nitrogens with zero attached hydrogens (tertiary/aromatic N) is 2. The third kappa shape index (κ3) is 2.29. The first-order chi connectivity index (χ1) is 6.13. The molecular formula is C7H10N4O2. The normalized spacial score (nSPS) is 9.62. The van der Waals surface area contributed by atoms with Gasteiger partial charge in [-0.15, -0.1) is 5.10 Å². The second-order valence-corrected chi connectivity index (χ2v) is 2.31. The summed E-state index contributed by atoms with van der Waals surface area (Å²) in [4.78, 5) is 10.8. The fraction of sp³-hybridized carbons (Fsp3) is 0.286. The zero-order valence-electron chi connectivity index (χ0n) is 7.15. The van der Waals surface area contributed by atoms with Gasteiger partial charge in [-0.25, -0.2) is 4.68 Å². The zero-order valence-corrected chi connectivity index (χ0v) is 7.15. The molecule has 0 aliphatic carbocycles. The number of esters is 1. The molecule has 0 saturated heterocycles. The molecule has 1 rings (SSSR count). The topological polar surface area (TPSA) is 94.0 Å². The first-order valence-corrected chi connectivity index (χ1v) is 3.74. The van der Waals surface area contributed by atoms with Gasteiger partial charge >= 0.3 is 5.97 Å². The van der Waals surface area contributed by atoms with Gasteiger partial charge in [0.15, 0.2) is 0 Å². The highest BCUT2D eigenvalue weighted by Gasteiger charge is 2.05. The first kappa shape index (κ1) is 9.24. The molecule has 1 heterocycles. The Balaban J connectivity index is 2.69. The van der Waals surface area contributed by atoms with Crippen molar-refractivity contribution in [3.8, 4) is 5.88 Å². The Morgan fingerprint density at radius 1 is 1.85 bits per heavy atom. The molecule has 0 aliphatic rings. The van der Waals surface area contributed by atoms with Crippen LogP contribution in [0.15, 0.2) is 12.3 Å². The van der Waals surface area contributed by atoms with Gasteiger partial charge in [0.2, 0.25) is 11.8 Å². The lowest BCUT2D eigenvalue weighted by atomic mass is 10.5. The molecule has 0 aromatic carbocycles. The molecule has 70 valence electrons. The van der Waals surface area contributed by atoms with Crippen LogP contribution in [0.1, 0.15) is 13.3 Å². The van der Waals surface area contributed by atoms with Crippen LogP contribution >= 0.6 is 0 Å². The number of nitrogens with two attached hydrogens (primary N) is 1. The summed E-state index contributed by atoms with van der Waals surface area (Å²) >= 11 is 0. The van der Waals surface area contributed by atoms with E-state index in [1.54, 1.807) is 6.92 Å². The predicted octanol–water partition coefficient (Wildman–Crippen LogP) is -0.0599. The lowest BCUT2D eigenvalue weighted by Gasteiger charge is -1.97. The van der Waals surface area contributed by atoms with Crippen LogP contribution in [0.25, 0.3) is 0 Å². The molecule has 0 bridgehead atoms. The van der Waals surface area contributed by atoms with Crippen LogP contribution < -0.4 is 10.5 Å². The third-order valence-corrected chi connectivity index (χ3v) is 1.32. The number of aromatic nitrogens is 2. The standard InChI is InChI=1S/C7H10N4O2/c1-2-6(12)13-5-3-4-11(10-5)7(8)9/h3-4H,2H2,1H3,(H3,8,9). The Labute approximate surface area is 74.8 Å². The van der Waals surface area contributed by atoms with Crippen LogP contribution in [0.3, 0.4) is 0 Å². The van der Waals surface area contributed by atoms with E-state index in [1.165, 1.54) is 12.3 Å². The second-order valence-electron chi connectivity index (χ2n) is 2.31. The smallest absolute Gasteiger partial charge is 0.312 e. The third-order valence-electron chi connectivity index (χ3n) is 1.32. The molecule has 1 aromatic heterocycles. The Bertz CT molecular complexity index is 331. The lowest BCUT2D eigenvalue weighted by Crippen LogP contribution is -2.21. The summed E-state index contributed by atoms with van der Waals surface area (Å²) < 4.78 is 5.88. The molecule has 0 aliphatic heterocycles. The van der Waals surface area contributed by atoms with Crippen molar-refractivity contribution in [3.05, 3.63) is 12.3 Å². The molecule has 3 N–H and O–H groups in total. The van der Waals surface area contributed by atoms with Gasteiger partial charge in [0, 0.05) is 18.7 Å². The molecule has 0 atom stereocenters. The van der Waals surface area contributed by atoms with Crippen molar-refractivity contribution < 1.29 is 9.53 Å². The van der Waals surface area contributed by atoms with Crippen LogP contribution in [0.5, 0.6) is 5.88 Å². The molecule has 6 nitrogen and oxygen atoms in total. The van der Waals surface area contributed by atoms with Crippen LogP contribution in [0, 0.1) is 5.41 Å². The minimum Gasteiger partial charge on any atom is -0.406 e. The number of carbonyl (C=O) groups is 1. The Morgan fingerprint density at radius 2 is 2.54 bits per heavy atom. The summed E-state index contributed by atoms with van der Waals surface area (Å²) in [6.45, 7) is 1.68. The highest BCUT2D eigenvalue weighted by molar-refractivity contribution is 5.76. The maximum Gasteiger partial charge on any atom is 0.312 e. The Morgan fingerprint density at radius 3 is 3.00 bits per heavy atom. The monoisotopic (exact) mass is 182 g/mol. The van der Waals surface area contributed by atoms with Crippen molar-refractivity contribution in [1.29, 1.82) is 5.41 Å². The molecule has 0 amide bonds. The highest BCUT2D eigenvalue weighted by atomic mass is 16.5. The Hall–Kier alpha value is -1.85. The number of rotatable bonds is 2. The molecule has 6 heteroatoms. The fourth-order valence-electron chi connectivity index (χ4n) is 0.685. The maximum atomic E-state index is 10.8. The zero-order chi connectivity index (χ0) is 9.84. The van der Waals surface area contributed by atoms with Gasteiger partial charge < -0.3 is 10.5 Å². The van der Waals surface area contributed by atoms with Crippen molar-refractivity contribution >= 4 is 11.9 Å². The van der Waals surface area contributed by atoms with Crippen LogP contribution in [-0.4, -0.2) is 21.7 Å². The minimum absolute atomic E-state index is 0.155. The van der Waals surface area contributed by atoms with Crippen LogP contribution in [-0.2, 0) is 4.79 Å². The van der Waals surface area contributed by atoms with Gasteiger partial charge in [-0.2, -0.15) is 0 Å².